The Hall–Kier alpha value is -2.60. The molecule has 3 N–H and O–H groups in total. The molecule has 0 radical (unpaired) electrons. The maximum atomic E-state index is 13.9. The smallest absolute Gasteiger partial charge is 0.346 e. The van der Waals surface area contributed by atoms with Gasteiger partial charge in [0.2, 0.25) is 5.91 Å². The molecule has 2 aromatic rings. The van der Waals surface area contributed by atoms with Gasteiger partial charge in [0.25, 0.3) is 0 Å². The van der Waals surface area contributed by atoms with Gasteiger partial charge in [0.05, 0.1) is 22.6 Å². The molecule has 1 aliphatic heterocycles. The van der Waals surface area contributed by atoms with Crippen molar-refractivity contribution >= 4 is 15.7 Å². The van der Waals surface area contributed by atoms with E-state index in [0.717, 1.165) is 12.1 Å². The molecule has 186 valence electrons. The van der Waals surface area contributed by atoms with Crippen LogP contribution < -0.4 is 11.1 Å². The molecule has 0 aromatic heterocycles. The van der Waals surface area contributed by atoms with Crippen molar-refractivity contribution in [2.75, 3.05) is 11.5 Å². The van der Waals surface area contributed by atoms with Gasteiger partial charge in [-0.1, -0.05) is 12.1 Å². The van der Waals surface area contributed by atoms with Crippen molar-refractivity contribution in [1.82, 2.24) is 5.32 Å². The molecule has 0 aliphatic carbocycles. The number of carbonyl (C=O) groups excluding carboxylic acids is 1. The fourth-order valence-electron chi connectivity index (χ4n) is 4.00. The molecule has 1 atom stereocenters. The molecule has 1 aliphatic rings. The first-order valence-electron chi connectivity index (χ1n) is 10.3. The first-order chi connectivity index (χ1) is 15.7. The molecule has 34 heavy (non-hydrogen) atoms. The van der Waals surface area contributed by atoms with Gasteiger partial charge in [-0.05, 0) is 48.6 Å². The van der Waals surface area contributed by atoms with Crippen molar-refractivity contribution < 1.29 is 39.6 Å². The van der Waals surface area contributed by atoms with Crippen LogP contribution in [0.25, 0.3) is 0 Å². The van der Waals surface area contributed by atoms with Crippen LogP contribution in [0.3, 0.4) is 0 Å². The lowest BCUT2D eigenvalue weighted by Crippen LogP contribution is -2.51. The minimum atomic E-state index is -4.64. The third-order valence-electron chi connectivity index (χ3n) is 5.82. The van der Waals surface area contributed by atoms with Crippen molar-refractivity contribution in [2.24, 2.45) is 5.73 Å². The van der Waals surface area contributed by atoms with E-state index in [1.165, 1.54) is 12.1 Å². The largest absolute Gasteiger partial charge is 0.416 e. The van der Waals surface area contributed by atoms with Gasteiger partial charge in [-0.25, -0.2) is 21.6 Å². The lowest BCUT2D eigenvalue weighted by atomic mass is 9.83. The minimum Gasteiger partial charge on any atom is -0.346 e. The Labute approximate surface area is 192 Å². The summed E-state index contributed by atoms with van der Waals surface area (Å²) in [6.45, 7) is 0. The van der Waals surface area contributed by atoms with Crippen LogP contribution in [0.2, 0.25) is 0 Å². The zero-order chi connectivity index (χ0) is 25.3. The molecule has 12 heteroatoms. The third-order valence-corrected chi connectivity index (χ3v) is 7.47. The fourth-order valence-corrected chi connectivity index (χ4v) is 5.52. The molecular weight excluding hydrogens is 486 g/mol. The van der Waals surface area contributed by atoms with E-state index in [1.807, 2.05) is 0 Å². The molecule has 1 heterocycles. The highest BCUT2D eigenvalue weighted by Gasteiger charge is 2.41. The van der Waals surface area contributed by atoms with E-state index in [2.05, 4.69) is 5.32 Å². The van der Waals surface area contributed by atoms with Crippen molar-refractivity contribution in [3.63, 3.8) is 0 Å². The van der Waals surface area contributed by atoms with Crippen LogP contribution in [0.5, 0.6) is 0 Å². The molecule has 2 aromatic carbocycles. The Bertz CT molecular complexity index is 1170. The predicted molar refractivity (Wildman–Crippen MR) is 112 cm³/mol. The van der Waals surface area contributed by atoms with Crippen molar-refractivity contribution in [3.8, 4) is 0 Å². The molecule has 5 nitrogen and oxygen atoms in total. The number of benzene rings is 2. The number of amides is 1. The standard InChI is InChI=1S/C22H22F6N2O3S/c23-17-12-19(25)18(24)9-13(17)8-16(29)11-20(31)30-21(4-6-34(32,33)7-5-21)14-2-1-3-15(10-14)22(26,27)28/h1-3,9-10,12,16H,4-8,11,29H2,(H,30,31). The Kier molecular flexibility index (Phi) is 7.32. The van der Waals surface area contributed by atoms with Gasteiger partial charge in [-0.15, -0.1) is 0 Å². The van der Waals surface area contributed by atoms with Crippen LogP contribution >= 0.6 is 0 Å². The first kappa shape index (κ1) is 26.0. The number of sulfone groups is 1. The number of hydrogen-bond donors (Lipinski definition) is 2. The van der Waals surface area contributed by atoms with E-state index in [1.54, 1.807) is 0 Å². The molecule has 1 amide bonds. The Balaban J connectivity index is 1.81. The van der Waals surface area contributed by atoms with Crippen LogP contribution in [0, 0.1) is 17.5 Å². The van der Waals surface area contributed by atoms with E-state index >= 15 is 0 Å². The Morgan fingerprint density at radius 3 is 2.26 bits per heavy atom. The second-order valence-electron chi connectivity index (χ2n) is 8.39. The highest BCUT2D eigenvalue weighted by atomic mass is 32.2. The maximum Gasteiger partial charge on any atom is 0.416 e. The molecule has 0 saturated carbocycles. The van der Waals surface area contributed by atoms with Gasteiger partial charge in [-0.2, -0.15) is 13.2 Å². The Morgan fingerprint density at radius 2 is 1.65 bits per heavy atom. The zero-order valence-electron chi connectivity index (χ0n) is 17.8. The third kappa shape index (κ3) is 6.09. The summed E-state index contributed by atoms with van der Waals surface area (Å²) in [5.74, 6) is -5.06. The first-order valence-corrected chi connectivity index (χ1v) is 12.1. The number of alkyl halides is 3. The van der Waals surface area contributed by atoms with Gasteiger partial charge < -0.3 is 11.1 Å². The van der Waals surface area contributed by atoms with Gasteiger partial charge in [0, 0.05) is 18.5 Å². The number of hydrogen-bond acceptors (Lipinski definition) is 4. The molecule has 1 saturated heterocycles. The topological polar surface area (TPSA) is 89.3 Å². The SMILES string of the molecule is NC(CC(=O)NC1(c2cccc(C(F)(F)F)c2)CCS(=O)(=O)CC1)Cc1cc(F)c(F)cc1F. The normalized spacial score (nSPS) is 18.3. The lowest BCUT2D eigenvalue weighted by molar-refractivity contribution is -0.137. The van der Waals surface area contributed by atoms with Gasteiger partial charge in [0.1, 0.15) is 5.82 Å². The fraction of sp³-hybridized carbons (Fsp3) is 0.409. The second kappa shape index (κ2) is 9.57. The summed E-state index contributed by atoms with van der Waals surface area (Å²) in [5.41, 5.74) is 3.42. The quantitative estimate of drug-likeness (QED) is 0.461. The summed E-state index contributed by atoms with van der Waals surface area (Å²) in [6, 6.07) is 4.27. The minimum absolute atomic E-state index is 0.103. The molecule has 1 unspecified atom stereocenters. The van der Waals surface area contributed by atoms with E-state index in [0.29, 0.717) is 12.1 Å². The number of carbonyl (C=O) groups is 1. The molecule has 3 rings (SSSR count). The van der Waals surface area contributed by atoms with Crippen LogP contribution in [-0.2, 0) is 32.8 Å². The van der Waals surface area contributed by atoms with E-state index in [-0.39, 0.29) is 41.9 Å². The average molecular weight is 508 g/mol. The van der Waals surface area contributed by atoms with E-state index < -0.39 is 62.9 Å². The monoisotopic (exact) mass is 508 g/mol. The number of halogens is 6. The summed E-state index contributed by atoms with van der Waals surface area (Å²) in [7, 11) is -3.42. The van der Waals surface area contributed by atoms with E-state index in [4.69, 9.17) is 5.73 Å². The predicted octanol–water partition coefficient (Wildman–Crippen LogP) is 3.60. The van der Waals surface area contributed by atoms with Crippen LogP contribution in [-0.4, -0.2) is 31.9 Å². The average Bonchev–Trinajstić information content (AvgIpc) is 2.73. The highest BCUT2D eigenvalue weighted by Crippen LogP contribution is 2.37. The molecule has 0 spiro atoms. The number of rotatable bonds is 6. The molecule has 0 bridgehead atoms. The van der Waals surface area contributed by atoms with Crippen LogP contribution in [0.4, 0.5) is 26.3 Å². The van der Waals surface area contributed by atoms with Crippen molar-refractivity contribution in [1.29, 1.82) is 0 Å². The summed E-state index contributed by atoms with van der Waals surface area (Å²) in [4.78, 5) is 12.7. The zero-order valence-corrected chi connectivity index (χ0v) is 18.6. The van der Waals surface area contributed by atoms with Gasteiger partial charge in [-0.3, -0.25) is 4.79 Å². The van der Waals surface area contributed by atoms with Crippen molar-refractivity contribution in [2.45, 2.75) is 43.4 Å². The molecular formula is C22H22F6N2O3S. The number of nitrogens with two attached hydrogens (primary N) is 1. The maximum absolute atomic E-state index is 13.9. The van der Waals surface area contributed by atoms with Gasteiger partial charge >= 0.3 is 6.18 Å². The summed E-state index contributed by atoms with van der Waals surface area (Å²) < 4.78 is 104. The summed E-state index contributed by atoms with van der Waals surface area (Å²) in [5, 5.41) is 2.64. The lowest BCUT2D eigenvalue weighted by Gasteiger charge is -2.39. The van der Waals surface area contributed by atoms with Crippen LogP contribution in [0.1, 0.15) is 36.0 Å². The molecule has 1 fully saturated rings. The van der Waals surface area contributed by atoms with Gasteiger partial charge in [0.15, 0.2) is 21.5 Å². The van der Waals surface area contributed by atoms with Crippen molar-refractivity contribution in [3.05, 3.63) is 70.5 Å². The number of nitrogens with one attached hydrogen (secondary N) is 1. The summed E-state index contributed by atoms with van der Waals surface area (Å²) in [6.07, 6.45) is -5.64. The Morgan fingerprint density at radius 1 is 1.03 bits per heavy atom. The van der Waals surface area contributed by atoms with E-state index in [9.17, 15) is 39.6 Å². The second-order valence-corrected chi connectivity index (χ2v) is 10.7. The van der Waals surface area contributed by atoms with Crippen LogP contribution in [0.15, 0.2) is 36.4 Å². The summed E-state index contributed by atoms with van der Waals surface area (Å²) >= 11 is 0. The highest BCUT2D eigenvalue weighted by molar-refractivity contribution is 7.91.